The summed E-state index contributed by atoms with van der Waals surface area (Å²) < 4.78 is 0. The molecule has 18 heavy (non-hydrogen) atoms. The first-order valence-electron chi connectivity index (χ1n) is 5.93. The zero-order chi connectivity index (χ0) is 12.4. The van der Waals surface area contributed by atoms with Crippen LogP contribution in [0.3, 0.4) is 0 Å². The molecule has 0 N–H and O–H groups in total. The van der Waals surface area contributed by atoms with Gasteiger partial charge in [0.25, 0.3) is 0 Å². The summed E-state index contributed by atoms with van der Waals surface area (Å²) in [6, 6.07) is 5.92. The van der Waals surface area contributed by atoms with Gasteiger partial charge in [-0.2, -0.15) is 0 Å². The van der Waals surface area contributed by atoms with E-state index in [0.717, 1.165) is 22.7 Å². The van der Waals surface area contributed by atoms with Gasteiger partial charge in [-0.25, -0.2) is 9.97 Å². The Balaban J connectivity index is 1.89. The van der Waals surface area contributed by atoms with E-state index in [1.165, 1.54) is 0 Å². The number of pyridine rings is 1. The second kappa shape index (κ2) is 4.53. The molecule has 0 aliphatic heterocycles. The largest absolute Gasteiger partial charge is 0.256 e. The summed E-state index contributed by atoms with van der Waals surface area (Å²) in [4.78, 5) is 13.1. The number of hydrogen-bond acceptors (Lipinski definition) is 3. The summed E-state index contributed by atoms with van der Waals surface area (Å²) in [6.45, 7) is 1.99. The molecule has 1 aliphatic carbocycles. The lowest BCUT2D eigenvalue weighted by Gasteiger charge is -2.03. The first-order valence-corrected chi connectivity index (χ1v) is 5.93. The summed E-state index contributed by atoms with van der Waals surface area (Å²) in [7, 11) is 0. The van der Waals surface area contributed by atoms with Gasteiger partial charge in [0.2, 0.25) is 0 Å². The first-order chi connectivity index (χ1) is 8.83. The molecule has 0 spiro atoms. The molecule has 0 bridgehead atoms. The average molecular weight is 235 g/mol. The number of aryl methyl sites for hydroxylation is 1. The van der Waals surface area contributed by atoms with Gasteiger partial charge in [-0.15, -0.1) is 0 Å². The van der Waals surface area contributed by atoms with E-state index in [4.69, 9.17) is 0 Å². The number of hydrogen-bond donors (Lipinski definition) is 0. The van der Waals surface area contributed by atoms with Gasteiger partial charge >= 0.3 is 0 Å². The van der Waals surface area contributed by atoms with Gasteiger partial charge in [0.15, 0.2) is 0 Å². The minimum atomic E-state index is 0.155. The Bertz CT molecular complexity index is 597. The number of rotatable bonds is 2. The van der Waals surface area contributed by atoms with Crippen LogP contribution < -0.4 is 0 Å². The summed E-state index contributed by atoms with van der Waals surface area (Å²) in [5, 5.41) is 0. The average Bonchev–Trinajstić information content (AvgIpc) is 2.90. The fourth-order valence-corrected chi connectivity index (χ4v) is 1.95. The summed E-state index contributed by atoms with van der Waals surface area (Å²) in [6.07, 6.45) is 11.8. The molecule has 0 aromatic carbocycles. The molecule has 2 heterocycles. The van der Waals surface area contributed by atoms with E-state index in [-0.39, 0.29) is 5.92 Å². The normalized spacial score (nSPS) is 17.8. The number of aromatic nitrogens is 3. The molecule has 88 valence electrons. The number of nitrogens with zero attached hydrogens (tertiary/aromatic N) is 3. The smallest absolute Gasteiger partial charge is 0.138 e. The minimum absolute atomic E-state index is 0.155. The molecule has 0 saturated carbocycles. The molecule has 0 fully saturated rings. The van der Waals surface area contributed by atoms with Crippen molar-refractivity contribution in [1.29, 1.82) is 0 Å². The highest BCUT2D eigenvalue weighted by molar-refractivity contribution is 5.75. The molecule has 1 aliphatic rings. The lowest BCUT2D eigenvalue weighted by Crippen LogP contribution is -1.97. The zero-order valence-electron chi connectivity index (χ0n) is 10.1. The molecule has 0 amide bonds. The van der Waals surface area contributed by atoms with Crippen LogP contribution in [0.1, 0.15) is 23.0 Å². The Morgan fingerprint density at radius 2 is 1.89 bits per heavy atom. The Morgan fingerprint density at radius 1 is 1.06 bits per heavy atom. The third kappa shape index (κ3) is 2.07. The minimum Gasteiger partial charge on any atom is -0.256 e. The highest BCUT2D eigenvalue weighted by atomic mass is 14.9. The van der Waals surface area contributed by atoms with Crippen LogP contribution in [0.5, 0.6) is 0 Å². The zero-order valence-corrected chi connectivity index (χ0v) is 10.1. The van der Waals surface area contributed by atoms with Crippen molar-refractivity contribution in [1.82, 2.24) is 15.0 Å². The molecule has 0 radical (unpaired) electrons. The number of allylic oxidation sites excluding steroid dienone is 4. The molecular formula is C15H13N3. The summed E-state index contributed by atoms with van der Waals surface area (Å²) in [5.41, 5.74) is 3.20. The van der Waals surface area contributed by atoms with Crippen molar-refractivity contribution >= 4 is 5.57 Å². The second-order valence-electron chi connectivity index (χ2n) is 4.34. The third-order valence-electron chi connectivity index (χ3n) is 2.90. The van der Waals surface area contributed by atoms with Crippen LogP contribution in [0.2, 0.25) is 0 Å². The standard InChI is InChI=1S/C15H13N3/c1-11-9-17-15(18-10-11)13-6-5-12(8-13)14-4-2-3-7-16-14/h2-10,13H,1H3. The van der Waals surface area contributed by atoms with Gasteiger partial charge in [0.05, 0.1) is 11.6 Å². The maximum atomic E-state index is 4.36. The van der Waals surface area contributed by atoms with Crippen molar-refractivity contribution in [3.63, 3.8) is 0 Å². The van der Waals surface area contributed by atoms with Gasteiger partial charge in [-0.05, 0) is 30.2 Å². The van der Waals surface area contributed by atoms with Crippen LogP contribution in [0.15, 0.2) is 55.0 Å². The van der Waals surface area contributed by atoms with Crippen molar-refractivity contribution in [2.24, 2.45) is 0 Å². The topological polar surface area (TPSA) is 38.7 Å². The van der Waals surface area contributed by atoms with Crippen molar-refractivity contribution in [2.75, 3.05) is 0 Å². The molecule has 2 aromatic heterocycles. The van der Waals surface area contributed by atoms with Crippen LogP contribution in [0.25, 0.3) is 5.57 Å². The highest BCUT2D eigenvalue weighted by Crippen LogP contribution is 2.28. The van der Waals surface area contributed by atoms with Crippen LogP contribution in [-0.4, -0.2) is 15.0 Å². The van der Waals surface area contributed by atoms with Gasteiger partial charge < -0.3 is 0 Å². The van der Waals surface area contributed by atoms with Crippen molar-refractivity contribution < 1.29 is 0 Å². The first kappa shape index (κ1) is 10.8. The summed E-state index contributed by atoms with van der Waals surface area (Å²) in [5.74, 6) is 0.991. The monoisotopic (exact) mass is 235 g/mol. The van der Waals surface area contributed by atoms with Crippen molar-refractivity contribution in [3.05, 3.63) is 72.1 Å². The van der Waals surface area contributed by atoms with Gasteiger partial charge in [0.1, 0.15) is 5.82 Å². The predicted octanol–water partition coefficient (Wildman–Crippen LogP) is 2.92. The second-order valence-corrected chi connectivity index (χ2v) is 4.34. The van der Waals surface area contributed by atoms with Gasteiger partial charge in [-0.1, -0.05) is 24.3 Å². The van der Waals surface area contributed by atoms with Gasteiger partial charge in [-0.3, -0.25) is 4.98 Å². The van der Waals surface area contributed by atoms with Crippen molar-refractivity contribution in [3.8, 4) is 0 Å². The maximum absolute atomic E-state index is 4.36. The van der Waals surface area contributed by atoms with E-state index >= 15 is 0 Å². The van der Waals surface area contributed by atoms with Crippen LogP contribution >= 0.6 is 0 Å². The van der Waals surface area contributed by atoms with Crippen LogP contribution in [0.4, 0.5) is 0 Å². The molecule has 2 aromatic rings. The highest BCUT2D eigenvalue weighted by Gasteiger charge is 2.15. The van der Waals surface area contributed by atoms with E-state index in [1.54, 1.807) is 6.20 Å². The molecule has 0 saturated heterocycles. The predicted molar refractivity (Wildman–Crippen MR) is 70.9 cm³/mol. The third-order valence-corrected chi connectivity index (χ3v) is 2.90. The van der Waals surface area contributed by atoms with E-state index in [2.05, 4.69) is 33.2 Å². The van der Waals surface area contributed by atoms with Crippen LogP contribution in [0, 0.1) is 6.92 Å². The molecular weight excluding hydrogens is 222 g/mol. The molecule has 3 heteroatoms. The molecule has 3 rings (SSSR count). The Kier molecular flexibility index (Phi) is 2.73. The lowest BCUT2D eigenvalue weighted by molar-refractivity contribution is 0.907. The molecule has 1 unspecified atom stereocenters. The lowest BCUT2D eigenvalue weighted by atomic mass is 10.1. The quantitative estimate of drug-likeness (QED) is 0.803. The fourth-order valence-electron chi connectivity index (χ4n) is 1.95. The molecule has 3 nitrogen and oxygen atoms in total. The Hall–Kier alpha value is -2.29. The van der Waals surface area contributed by atoms with Crippen LogP contribution in [-0.2, 0) is 0 Å². The van der Waals surface area contributed by atoms with E-state index in [1.807, 2.05) is 37.5 Å². The van der Waals surface area contributed by atoms with Crippen molar-refractivity contribution in [2.45, 2.75) is 12.8 Å². The van der Waals surface area contributed by atoms with E-state index in [0.29, 0.717) is 0 Å². The Labute approximate surface area is 106 Å². The fraction of sp³-hybridized carbons (Fsp3) is 0.133. The summed E-state index contributed by atoms with van der Waals surface area (Å²) >= 11 is 0. The van der Waals surface area contributed by atoms with E-state index in [9.17, 15) is 0 Å². The van der Waals surface area contributed by atoms with Gasteiger partial charge in [0, 0.05) is 18.6 Å². The van der Waals surface area contributed by atoms with E-state index < -0.39 is 0 Å². The Morgan fingerprint density at radius 3 is 2.61 bits per heavy atom. The SMILES string of the molecule is Cc1cnc(C2C=CC(c3ccccn3)=C2)nc1. The molecule has 1 atom stereocenters. The maximum Gasteiger partial charge on any atom is 0.138 e.